The van der Waals surface area contributed by atoms with Gasteiger partial charge in [-0.1, -0.05) is 19.8 Å². The smallest absolute Gasteiger partial charge is 0.169 e. The first-order valence-electron chi connectivity index (χ1n) is 5.45. The number of hydrogen-bond donors (Lipinski definition) is 1. The molecule has 0 amide bonds. The van der Waals surface area contributed by atoms with E-state index < -0.39 is 0 Å². The van der Waals surface area contributed by atoms with Gasteiger partial charge in [-0.05, 0) is 18.4 Å². The molecule has 0 fully saturated rings. The minimum absolute atomic E-state index is 0. The Morgan fingerprint density at radius 3 is 2.40 bits per heavy atom. The Morgan fingerprint density at radius 1 is 1.20 bits per heavy atom. The third kappa shape index (κ3) is 6.21. The molecule has 0 saturated carbocycles. The van der Waals surface area contributed by atoms with Crippen LogP contribution < -0.4 is 21.5 Å². The van der Waals surface area contributed by atoms with Crippen molar-refractivity contribution < 1.29 is 21.5 Å². The molecule has 0 N–H and O–H groups in total. The molecule has 0 unspecified atom stereocenters. The van der Waals surface area contributed by atoms with Gasteiger partial charge in [-0.25, -0.2) is 4.57 Å². The molecule has 0 saturated heterocycles. The highest BCUT2D eigenvalue weighted by Crippen LogP contribution is 2.04. The van der Waals surface area contributed by atoms with Gasteiger partial charge in [0.05, 0.1) is 0 Å². The Balaban J connectivity index is 0.00000196. The summed E-state index contributed by atoms with van der Waals surface area (Å²) in [6, 6.07) is 4.44. The van der Waals surface area contributed by atoms with Gasteiger partial charge in [-0.2, -0.15) is 12.6 Å². The molecule has 1 rings (SSSR count). The SMILES string of the molecule is CCCCCc1cc[n+](CCS)cc1.[Br-]. The molecule has 0 aromatic carbocycles. The van der Waals surface area contributed by atoms with Crippen molar-refractivity contribution in [3.05, 3.63) is 30.1 Å². The molecule has 0 aliphatic heterocycles. The minimum Gasteiger partial charge on any atom is -1.00 e. The summed E-state index contributed by atoms with van der Waals surface area (Å²) in [7, 11) is 0. The zero-order valence-electron chi connectivity index (χ0n) is 9.32. The van der Waals surface area contributed by atoms with Gasteiger partial charge in [-0.15, -0.1) is 0 Å². The molecular formula is C12H20BrNS. The molecule has 0 bridgehead atoms. The number of aromatic nitrogens is 1. The van der Waals surface area contributed by atoms with Crippen LogP contribution in [0.3, 0.4) is 0 Å². The minimum atomic E-state index is 0. The lowest BCUT2D eigenvalue weighted by Gasteiger charge is -1.99. The number of nitrogens with zero attached hydrogens (tertiary/aromatic N) is 1. The van der Waals surface area contributed by atoms with Crippen LogP contribution in [0.15, 0.2) is 24.5 Å². The lowest BCUT2D eigenvalue weighted by Crippen LogP contribution is -3.00. The van der Waals surface area contributed by atoms with Crippen molar-refractivity contribution in [3.8, 4) is 0 Å². The topological polar surface area (TPSA) is 3.88 Å². The molecule has 0 spiro atoms. The summed E-state index contributed by atoms with van der Waals surface area (Å²) in [5, 5.41) is 0. The van der Waals surface area contributed by atoms with Crippen molar-refractivity contribution in [2.24, 2.45) is 0 Å². The van der Waals surface area contributed by atoms with Gasteiger partial charge in [0, 0.05) is 17.9 Å². The number of rotatable bonds is 6. The van der Waals surface area contributed by atoms with Crippen molar-refractivity contribution in [1.82, 2.24) is 0 Å². The maximum atomic E-state index is 4.21. The van der Waals surface area contributed by atoms with E-state index in [1.165, 1.54) is 31.2 Å². The van der Waals surface area contributed by atoms with Crippen molar-refractivity contribution in [1.29, 1.82) is 0 Å². The predicted molar refractivity (Wildman–Crippen MR) is 63.7 cm³/mol. The van der Waals surface area contributed by atoms with Crippen LogP contribution in [0.2, 0.25) is 0 Å². The first kappa shape index (κ1) is 15.0. The Hall–Kier alpha value is -0.0200. The Morgan fingerprint density at radius 2 is 1.87 bits per heavy atom. The van der Waals surface area contributed by atoms with Crippen LogP contribution in [0, 0.1) is 0 Å². The molecule has 0 aliphatic carbocycles. The van der Waals surface area contributed by atoms with Crippen LogP contribution in [-0.4, -0.2) is 5.75 Å². The van der Waals surface area contributed by atoms with Crippen molar-refractivity contribution in [2.75, 3.05) is 5.75 Å². The van der Waals surface area contributed by atoms with Gasteiger partial charge in [0.25, 0.3) is 0 Å². The summed E-state index contributed by atoms with van der Waals surface area (Å²) >= 11 is 4.21. The zero-order chi connectivity index (χ0) is 10.2. The quantitative estimate of drug-likeness (QED) is 0.414. The molecule has 1 aromatic rings. The van der Waals surface area contributed by atoms with Gasteiger partial charge in [0.2, 0.25) is 0 Å². The summed E-state index contributed by atoms with van der Waals surface area (Å²) in [6.07, 6.45) is 9.47. The fourth-order valence-electron chi connectivity index (χ4n) is 1.50. The van der Waals surface area contributed by atoms with Crippen molar-refractivity contribution in [3.63, 3.8) is 0 Å². The maximum Gasteiger partial charge on any atom is 0.169 e. The normalized spacial score (nSPS) is 9.73. The number of pyridine rings is 1. The molecule has 0 atom stereocenters. The van der Waals surface area contributed by atoms with E-state index in [1.54, 1.807) is 0 Å². The van der Waals surface area contributed by atoms with E-state index in [0.717, 1.165) is 12.3 Å². The van der Waals surface area contributed by atoms with Crippen LogP contribution in [-0.2, 0) is 13.0 Å². The van der Waals surface area contributed by atoms with Crippen molar-refractivity contribution in [2.45, 2.75) is 39.2 Å². The highest BCUT2D eigenvalue weighted by Gasteiger charge is 1.98. The Bertz CT molecular complexity index is 248. The van der Waals surface area contributed by atoms with E-state index in [9.17, 15) is 0 Å². The van der Waals surface area contributed by atoms with Crippen LogP contribution in [0.25, 0.3) is 0 Å². The molecule has 0 aliphatic rings. The summed E-state index contributed by atoms with van der Waals surface area (Å²) in [5.41, 5.74) is 1.45. The number of thiol groups is 1. The molecule has 86 valence electrons. The van der Waals surface area contributed by atoms with E-state index in [4.69, 9.17) is 0 Å². The largest absolute Gasteiger partial charge is 1.00 e. The van der Waals surface area contributed by atoms with Gasteiger partial charge in [0.15, 0.2) is 18.9 Å². The molecule has 0 radical (unpaired) electrons. The van der Waals surface area contributed by atoms with E-state index in [2.05, 4.69) is 48.6 Å². The van der Waals surface area contributed by atoms with Crippen LogP contribution in [0.5, 0.6) is 0 Å². The monoisotopic (exact) mass is 289 g/mol. The Labute approximate surface area is 109 Å². The number of unbranched alkanes of at least 4 members (excludes halogenated alkanes) is 2. The van der Waals surface area contributed by atoms with E-state index in [-0.39, 0.29) is 17.0 Å². The van der Waals surface area contributed by atoms with Crippen molar-refractivity contribution >= 4 is 12.6 Å². The zero-order valence-corrected chi connectivity index (χ0v) is 11.8. The second-order valence-electron chi connectivity index (χ2n) is 3.62. The van der Waals surface area contributed by atoms with Crippen LogP contribution in [0.4, 0.5) is 0 Å². The fraction of sp³-hybridized carbons (Fsp3) is 0.583. The number of aryl methyl sites for hydroxylation is 2. The second-order valence-corrected chi connectivity index (χ2v) is 4.07. The molecule has 1 heterocycles. The molecule has 3 heteroatoms. The first-order valence-corrected chi connectivity index (χ1v) is 6.09. The van der Waals surface area contributed by atoms with E-state index in [0.29, 0.717) is 0 Å². The van der Waals surface area contributed by atoms with Gasteiger partial charge in [0.1, 0.15) is 0 Å². The first-order chi connectivity index (χ1) is 6.86. The van der Waals surface area contributed by atoms with Gasteiger partial charge >= 0.3 is 0 Å². The standard InChI is InChI=1S/C12H19NS.BrH/c1-2-3-4-5-12-6-8-13(9-7-12)10-11-14;/h6-9H,2-5,10-11H2,1H3;1H. The lowest BCUT2D eigenvalue weighted by atomic mass is 10.1. The molecule has 15 heavy (non-hydrogen) atoms. The maximum absolute atomic E-state index is 4.21. The lowest BCUT2D eigenvalue weighted by molar-refractivity contribution is -0.692. The molecule has 1 nitrogen and oxygen atoms in total. The number of hydrogen-bond acceptors (Lipinski definition) is 1. The summed E-state index contributed by atoms with van der Waals surface area (Å²) in [6.45, 7) is 3.24. The van der Waals surface area contributed by atoms with E-state index >= 15 is 0 Å². The third-order valence-electron chi connectivity index (χ3n) is 2.39. The van der Waals surface area contributed by atoms with Crippen LogP contribution in [0.1, 0.15) is 31.7 Å². The average Bonchev–Trinajstić information content (AvgIpc) is 2.21. The van der Waals surface area contributed by atoms with Crippen LogP contribution >= 0.6 is 12.6 Å². The average molecular weight is 290 g/mol. The fourth-order valence-corrected chi connectivity index (χ4v) is 1.73. The third-order valence-corrected chi connectivity index (χ3v) is 2.59. The summed E-state index contributed by atoms with van der Waals surface area (Å²) in [4.78, 5) is 0. The second kappa shape index (κ2) is 9.22. The molecule has 1 aromatic heterocycles. The highest BCUT2D eigenvalue weighted by molar-refractivity contribution is 7.80. The van der Waals surface area contributed by atoms with E-state index in [1.807, 2.05) is 0 Å². The molecular weight excluding hydrogens is 270 g/mol. The highest BCUT2D eigenvalue weighted by atomic mass is 79.9. The Kier molecular flexibility index (Phi) is 9.21. The van der Waals surface area contributed by atoms with Gasteiger partial charge < -0.3 is 17.0 Å². The predicted octanol–water partition coefficient (Wildman–Crippen LogP) is -0.359. The summed E-state index contributed by atoms with van der Waals surface area (Å²) < 4.78 is 2.18. The number of halogens is 1. The van der Waals surface area contributed by atoms with Gasteiger partial charge in [-0.3, -0.25) is 0 Å². The summed E-state index contributed by atoms with van der Waals surface area (Å²) in [5.74, 6) is 0.903.